The van der Waals surface area contributed by atoms with Gasteiger partial charge in [-0.2, -0.15) is 0 Å². The summed E-state index contributed by atoms with van der Waals surface area (Å²) in [6.45, 7) is 5.68. The Bertz CT molecular complexity index is 382. The van der Waals surface area contributed by atoms with E-state index in [1.807, 2.05) is 12.1 Å². The molecule has 1 saturated heterocycles. The predicted octanol–water partition coefficient (Wildman–Crippen LogP) is 2.36. The van der Waals surface area contributed by atoms with Gasteiger partial charge >= 0.3 is 0 Å². The maximum atomic E-state index is 6.10. The van der Waals surface area contributed by atoms with Gasteiger partial charge in [-0.1, -0.05) is 12.1 Å². The highest BCUT2D eigenvalue weighted by Crippen LogP contribution is 2.28. The summed E-state index contributed by atoms with van der Waals surface area (Å²) in [7, 11) is 4.38. The SMILES string of the molecule is Cc1cccc(N)c1N(C)CC1CCCN(C)C1. The summed E-state index contributed by atoms with van der Waals surface area (Å²) in [5.41, 5.74) is 9.46. The van der Waals surface area contributed by atoms with E-state index in [0.717, 1.165) is 18.2 Å². The number of nitrogens with zero attached hydrogens (tertiary/aromatic N) is 2. The summed E-state index contributed by atoms with van der Waals surface area (Å²) in [6, 6.07) is 6.15. The van der Waals surface area contributed by atoms with E-state index in [1.165, 1.54) is 37.2 Å². The maximum absolute atomic E-state index is 6.10. The van der Waals surface area contributed by atoms with Crippen LogP contribution in [0.25, 0.3) is 0 Å². The summed E-state index contributed by atoms with van der Waals surface area (Å²) in [5.74, 6) is 0.757. The number of hydrogen-bond acceptors (Lipinski definition) is 3. The van der Waals surface area contributed by atoms with Crippen LogP contribution >= 0.6 is 0 Å². The van der Waals surface area contributed by atoms with Gasteiger partial charge in [0, 0.05) is 20.1 Å². The lowest BCUT2D eigenvalue weighted by molar-refractivity contribution is 0.213. The van der Waals surface area contributed by atoms with E-state index in [9.17, 15) is 0 Å². The summed E-state index contributed by atoms with van der Waals surface area (Å²) in [5, 5.41) is 0. The molecular weight excluding hydrogens is 222 g/mol. The van der Waals surface area contributed by atoms with Gasteiger partial charge in [0.25, 0.3) is 0 Å². The number of hydrogen-bond donors (Lipinski definition) is 1. The minimum atomic E-state index is 0.757. The first-order valence-corrected chi connectivity index (χ1v) is 6.82. The molecular formula is C15H25N3. The number of benzene rings is 1. The van der Waals surface area contributed by atoms with Crippen molar-refractivity contribution in [2.45, 2.75) is 19.8 Å². The van der Waals surface area contributed by atoms with Crippen molar-refractivity contribution in [1.29, 1.82) is 0 Å². The molecule has 3 heteroatoms. The lowest BCUT2D eigenvalue weighted by Crippen LogP contribution is -2.38. The zero-order valence-corrected chi connectivity index (χ0v) is 11.8. The number of nitrogen functional groups attached to an aromatic ring is 1. The molecule has 1 unspecified atom stereocenters. The van der Waals surface area contributed by atoms with Crippen LogP contribution in [0, 0.1) is 12.8 Å². The van der Waals surface area contributed by atoms with E-state index in [2.05, 4.69) is 36.9 Å². The van der Waals surface area contributed by atoms with E-state index >= 15 is 0 Å². The Morgan fingerprint density at radius 3 is 2.89 bits per heavy atom. The Hall–Kier alpha value is -1.22. The fourth-order valence-electron chi connectivity index (χ4n) is 3.10. The van der Waals surface area contributed by atoms with Crippen molar-refractivity contribution >= 4 is 11.4 Å². The molecule has 1 fully saturated rings. The number of aryl methyl sites for hydroxylation is 1. The van der Waals surface area contributed by atoms with Crippen molar-refractivity contribution in [3.63, 3.8) is 0 Å². The third-order valence-electron chi connectivity index (χ3n) is 3.90. The normalized spacial score (nSPS) is 20.9. The molecule has 1 aromatic rings. The van der Waals surface area contributed by atoms with Crippen LogP contribution in [0.3, 0.4) is 0 Å². The van der Waals surface area contributed by atoms with E-state index in [0.29, 0.717) is 0 Å². The first-order chi connectivity index (χ1) is 8.58. The zero-order valence-electron chi connectivity index (χ0n) is 11.8. The van der Waals surface area contributed by atoms with Crippen LogP contribution in [0.2, 0.25) is 0 Å². The van der Waals surface area contributed by atoms with Crippen molar-refractivity contribution in [3.05, 3.63) is 23.8 Å². The molecule has 0 aliphatic carbocycles. The van der Waals surface area contributed by atoms with Crippen LogP contribution < -0.4 is 10.6 Å². The molecule has 1 heterocycles. The molecule has 0 saturated carbocycles. The Kier molecular flexibility index (Phi) is 4.12. The molecule has 0 radical (unpaired) electrons. The molecule has 1 aliphatic rings. The van der Waals surface area contributed by atoms with Gasteiger partial charge in [-0.3, -0.25) is 0 Å². The predicted molar refractivity (Wildman–Crippen MR) is 79.1 cm³/mol. The second-order valence-electron chi connectivity index (χ2n) is 5.66. The highest BCUT2D eigenvalue weighted by Gasteiger charge is 2.20. The van der Waals surface area contributed by atoms with Crippen molar-refractivity contribution in [1.82, 2.24) is 4.90 Å². The second-order valence-corrected chi connectivity index (χ2v) is 5.66. The Morgan fingerprint density at radius 1 is 1.44 bits per heavy atom. The van der Waals surface area contributed by atoms with Crippen molar-refractivity contribution in [3.8, 4) is 0 Å². The molecule has 18 heavy (non-hydrogen) atoms. The van der Waals surface area contributed by atoms with Gasteiger partial charge in [-0.05, 0) is 50.9 Å². The van der Waals surface area contributed by atoms with Crippen LogP contribution in [-0.2, 0) is 0 Å². The molecule has 2 N–H and O–H groups in total. The van der Waals surface area contributed by atoms with Crippen molar-refractivity contribution in [2.24, 2.45) is 5.92 Å². The van der Waals surface area contributed by atoms with Gasteiger partial charge in [0.1, 0.15) is 0 Å². The van der Waals surface area contributed by atoms with Gasteiger partial charge in [-0.15, -0.1) is 0 Å². The van der Waals surface area contributed by atoms with Crippen LogP contribution in [-0.4, -0.2) is 38.6 Å². The first-order valence-electron chi connectivity index (χ1n) is 6.82. The number of piperidine rings is 1. The van der Waals surface area contributed by atoms with Gasteiger partial charge in [-0.25, -0.2) is 0 Å². The first kappa shape index (κ1) is 13.2. The Balaban J connectivity index is 2.05. The number of para-hydroxylation sites is 1. The van der Waals surface area contributed by atoms with Gasteiger partial charge in [0.15, 0.2) is 0 Å². The third-order valence-corrected chi connectivity index (χ3v) is 3.90. The smallest absolute Gasteiger partial charge is 0.0627 e. The highest BCUT2D eigenvalue weighted by molar-refractivity contribution is 5.71. The summed E-state index contributed by atoms with van der Waals surface area (Å²) >= 11 is 0. The quantitative estimate of drug-likeness (QED) is 0.832. The van der Waals surface area contributed by atoms with Crippen molar-refractivity contribution in [2.75, 3.05) is 44.4 Å². The summed E-state index contributed by atoms with van der Waals surface area (Å²) in [4.78, 5) is 4.76. The van der Waals surface area contributed by atoms with Gasteiger partial charge in [0.2, 0.25) is 0 Å². The Morgan fingerprint density at radius 2 is 2.22 bits per heavy atom. The standard InChI is InChI=1S/C15H25N3/c1-12-6-4-8-14(16)15(12)18(3)11-13-7-5-9-17(2)10-13/h4,6,8,13H,5,7,9-11,16H2,1-3H3. The van der Waals surface area contributed by atoms with Crippen LogP contribution in [0.1, 0.15) is 18.4 Å². The highest BCUT2D eigenvalue weighted by atomic mass is 15.1. The molecule has 0 bridgehead atoms. The second kappa shape index (κ2) is 5.61. The molecule has 1 aromatic carbocycles. The molecule has 100 valence electrons. The zero-order chi connectivity index (χ0) is 13.1. The summed E-state index contributed by atoms with van der Waals surface area (Å²) < 4.78 is 0. The van der Waals surface area contributed by atoms with Crippen LogP contribution in [0.5, 0.6) is 0 Å². The topological polar surface area (TPSA) is 32.5 Å². The van der Waals surface area contributed by atoms with E-state index < -0.39 is 0 Å². The molecule has 3 nitrogen and oxygen atoms in total. The molecule has 0 aromatic heterocycles. The molecule has 1 aliphatic heterocycles. The summed E-state index contributed by atoms with van der Waals surface area (Å²) in [6.07, 6.45) is 2.65. The van der Waals surface area contributed by atoms with E-state index in [-0.39, 0.29) is 0 Å². The number of likely N-dealkylation sites (tertiary alicyclic amines) is 1. The third kappa shape index (κ3) is 2.96. The average molecular weight is 247 g/mol. The maximum Gasteiger partial charge on any atom is 0.0627 e. The van der Waals surface area contributed by atoms with E-state index in [4.69, 9.17) is 5.73 Å². The number of rotatable bonds is 3. The molecule has 0 amide bonds. The number of anilines is 2. The van der Waals surface area contributed by atoms with Crippen LogP contribution in [0.15, 0.2) is 18.2 Å². The largest absolute Gasteiger partial charge is 0.397 e. The lowest BCUT2D eigenvalue weighted by atomic mass is 9.97. The molecule has 0 spiro atoms. The lowest BCUT2D eigenvalue weighted by Gasteiger charge is -2.34. The minimum absolute atomic E-state index is 0.757. The monoisotopic (exact) mass is 247 g/mol. The fraction of sp³-hybridized carbons (Fsp3) is 0.600. The van der Waals surface area contributed by atoms with Gasteiger partial charge < -0.3 is 15.5 Å². The fourth-order valence-corrected chi connectivity index (χ4v) is 3.10. The van der Waals surface area contributed by atoms with Crippen LogP contribution in [0.4, 0.5) is 11.4 Å². The molecule has 2 rings (SSSR count). The Labute approximate surface area is 111 Å². The minimum Gasteiger partial charge on any atom is -0.397 e. The average Bonchev–Trinajstić information content (AvgIpc) is 2.28. The van der Waals surface area contributed by atoms with E-state index in [1.54, 1.807) is 0 Å². The molecule has 1 atom stereocenters. The van der Waals surface area contributed by atoms with Gasteiger partial charge in [0.05, 0.1) is 11.4 Å². The number of nitrogens with two attached hydrogens (primary N) is 1. The van der Waals surface area contributed by atoms with Crippen molar-refractivity contribution < 1.29 is 0 Å².